The normalized spacial score (nSPS) is 19.3. The van der Waals surface area contributed by atoms with Gasteiger partial charge in [0.05, 0.1) is 5.69 Å². The quantitative estimate of drug-likeness (QED) is 0.701. The number of fused-ring (bicyclic) bond motifs is 3. The number of anilines is 1. The summed E-state index contributed by atoms with van der Waals surface area (Å²) in [6.45, 7) is 2.22. The Kier molecular flexibility index (Phi) is 2.36. The van der Waals surface area contributed by atoms with Gasteiger partial charge in [0.2, 0.25) is 5.95 Å². The van der Waals surface area contributed by atoms with Gasteiger partial charge in [0.25, 0.3) is 0 Å². The molecule has 0 saturated heterocycles. The Hall–Kier alpha value is -1.49. The van der Waals surface area contributed by atoms with Gasteiger partial charge in [-0.2, -0.15) is 0 Å². The molecule has 2 N–H and O–H groups in total. The standard InChI is InChI=1S/C12H14N4S/c1-7-3-2-4-8-9(5-7)14-12(13)16-6-10(17)15-11(8)16/h2,4,6-7,17H,3,5H2,1H3,(H2,13,14). The summed E-state index contributed by atoms with van der Waals surface area (Å²) in [4.78, 5) is 8.89. The van der Waals surface area contributed by atoms with Crippen LogP contribution in [0.2, 0.25) is 0 Å². The molecule has 2 aromatic heterocycles. The molecule has 4 nitrogen and oxygen atoms in total. The third-order valence-electron chi connectivity index (χ3n) is 3.11. The van der Waals surface area contributed by atoms with Crippen LogP contribution in [-0.4, -0.2) is 14.4 Å². The molecule has 0 bridgehead atoms. The monoisotopic (exact) mass is 246 g/mol. The van der Waals surface area contributed by atoms with Crippen LogP contribution >= 0.6 is 12.6 Å². The van der Waals surface area contributed by atoms with Gasteiger partial charge in [0.1, 0.15) is 10.7 Å². The van der Waals surface area contributed by atoms with E-state index in [1.807, 2.05) is 0 Å². The van der Waals surface area contributed by atoms with Gasteiger partial charge in [-0.25, -0.2) is 9.97 Å². The van der Waals surface area contributed by atoms with E-state index in [4.69, 9.17) is 5.73 Å². The van der Waals surface area contributed by atoms with Crippen LogP contribution in [0.1, 0.15) is 24.6 Å². The third-order valence-corrected chi connectivity index (χ3v) is 3.32. The highest BCUT2D eigenvalue weighted by Gasteiger charge is 2.17. The van der Waals surface area contributed by atoms with E-state index in [-0.39, 0.29) is 0 Å². The van der Waals surface area contributed by atoms with E-state index < -0.39 is 0 Å². The molecule has 0 amide bonds. The number of thiol groups is 1. The Morgan fingerprint density at radius 1 is 1.47 bits per heavy atom. The predicted molar refractivity (Wildman–Crippen MR) is 71.2 cm³/mol. The van der Waals surface area contributed by atoms with Crippen molar-refractivity contribution >= 4 is 30.3 Å². The minimum absolute atomic E-state index is 0.481. The summed E-state index contributed by atoms with van der Waals surface area (Å²) in [6.07, 6.45) is 8.08. The number of nitrogens with zero attached hydrogens (tertiary/aromatic N) is 3. The van der Waals surface area contributed by atoms with Crippen molar-refractivity contribution in [1.82, 2.24) is 14.4 Å². The predicted octanol–water partition coefficient (Wildman–Crippen LogP) is 2.20. The van der Waals surface area contributed by atoms with Gasteiger partial charge in [-0.1, -0.05) is 19.1 Å². The van der Waals surface area contributed by atoms with E-state index in [0.29, 0.717) is 16.9 Å². The molecule has 0 spiro atoms. The number of aromatic nitrogens is 3. The summed E-state index contributed by atoms with van der Waals surface area (Å²) < 4.78 is 1.79. The van der Waals surface area contributed by atoms with E-state index in [1.165, 1.54) is 0 Å². The molecule has 1 atom stereocenters. The molecule has 1 aliphatic carbocycles. The number of hydrogen-bond donors (Lipinski definition) is 2. The Morgan fingerprint density at radius 2 is 2.29 bits per heavy atom. The Bertz CT molecular complexity index is 614. The van der Waals surface area contributed by atoms with Crippen LogP contribution in [0.25, 0.3) is 11.7 Å². The smallest absolute Gasteiger partial charge is 0.206 e. The zero-order valence-electron chi connectivity index (χ0n) is 9.59. The molecule has 2 aromatic rings. The number of nitrogen functional groups attached to an aromatic ring is 1. The summed E-state index contributed by atoms with van der Waals surface area (Å²) in [5.74, 6) is 1.07. The Morgan fingerprint density at radius 3 is 3.12 bits per heavy atom. The molecule has 0 radical (unpaired) electrons. The summed E-state index contributed by atoms with van der Waals surface area (Å²) in [5.41, 5.74) is 8.90. The highest BCUT2D eigenvalue weighted by atomic mass is 32.1. The van der Waals surface area contributed by atoms with Crippen molar-refractivity contribution in [2.45, 2.75) is 24.8 Å². The maximum absolute atomic E-state index is 5.94. The van der Waals surface area contributed by atoms with Crippen molar-refractivity contribution in [3.8, 4) is 0 Å². The first-order valence-corrected chi connectivity index (χ1v) is 6.13. The van der Waals surface area contributed by atoms with Crippen LogP contribution in [0, 0.1) is 5.92 Å². The van der Waals surface area contributed by atoms with Crippen LogP contribution in [-0.2, 0) is 6.42 Å². The fraction of sp³-hybridized carbons (Fsp3) is 0.333. The fourth-order valence-corrected chi connectivity index (χ4v) is 2.48. The second-order valence-electron chi connectivity index (χ2n) is 4.57. The first-order chi connectivity index (χ1) is 8.15. The highest BCUT2D eigenvalue weighted by Crippen LogP contribution is 2.26. The van der Waals surface area contributed by atoms with Gasteiger partial charge in [-0.15, -0.1) is 12.6 Å². The van der Waals surface area contributed by atoms with Gasteiger partial charge in [-0.3, -0.25) is 4.40 Å². The maximum Gasteiger partial charge on any atom is 0.206 e. The van der Waals surface area contributed by atoms with Gasteiger partial charge < -0.3 is 5.73 Å². The molecule has 5 heteroatoms. The summed E-state index contributed by atoms with van der Waals surface area (Å²) >= 11 is 4.26. The molecule has 1 unspecified atom stereocenters. The van der Waals surface area contributed by atoms with Gasteiger partial charge >= 0.3 is 0 Å². The second kappa shape index (κ2) is 3.77. The lowest BCUT2D eigenvalue weighted by Crippen LogP contribution is -2.08. The minimum atomic E-state index is 0.481. The highest BCUT2D eigenvalue weighted by molar-refractivity contribution is 7.80. The van der Waals surface area contributed by atoms with E-state index in [9.17, 15) is 0 Å². The summed E-state index contributed by atoms with van der Waals surface area (Å²) in [6, 6.07) is 0. The fourth-order valence-electron chi connectivity index (χ4n) is 2.27. The van der Waals surface area contributed by atoms with Crippen molar-refractivity contribution in [1.29, 1.82) is 0 Å². The van der Waals surface area contributed by atoms with Crippen LogP contribution in [0.4, 0.5) is 5.95 Å². The van der Waals surface area contributed by atoms with E-state index in [1.54, 1.807) is 10.6 Å². The minimum Gasteiger partial charge on any atom is -0.369 e. The van der Waals surface area contributed by atoms with E-state index >= 15 is 0 Å². The Balaban J connectivity index is 2.34. The van der Waals surface area contributed by atoms with Crippen molar-refractivity contribution in [3.63, 3.8) is 0 Å². The molecular weight excluding hydrogens is 232 g/mol. The number of rotatable bonds is 0. The molecule has 0 saturated carbocycles. The van der Waals surface area contributed by atoms with Crippen molar-refractivity contribution in [2.75, 3.05) is 5.73 Å². The molecule has 17 heavy (non-hydrogen) atoms. The molecule has 0 aromatic carbocycles. The molecule has 88 valence electrons. The molecule has 3 rings (SSSR count). The molecule has 2 heterocycles. The maximum atomic E-state index is 5.94. The molecule has 0 aliphatic heterocycles. The topological polar surface area (TPSA) is 56.2 Å². The number of nitrogens with two attached hydrogens (primary N) is 1. The number of imidazole rings is 1. The van der Waals surface area contributed by atoms with E-state index in [0.717, 1.165) is 29.7 Å². The summed E-state index contributed by atoms with van der Waals surface area (Å²) in [7, 11) is 0. The lowest BCUT2D eigenvalue weighted by molar-refractivity contribution is 0.585. The van der Waals surface area contributed by atoms with E-state index in [2.05, 4.69) is 41.7 Å². The SMILES string of the molecule is CC1CC=Cc2c(nc(N)n3cc(S)nc23)C1. The van der Waals surface area contributed by atoms with Crippen LogP contribution in [0.15, 0.2) is 17.3 Å². The molecule has 1 aliphatic rings. The van der Waals surface area contributed by atoms with Crippen molar-refractivity contribution < 1.29 is 0 Å². The Labute approximate surface area is 105 Å². The van der Waals surface area contributed by atoms with Crippen molar-refractivity contribution in [2.24, 2.45) is 5.92 Å². The lowest BCUT2D eigenvalue weighted by Gasteiger charge is -2.10. The molecule has 0 fully saturated rings. The van der Waals surface area contributed by atoms with Crippen LogP contribution in [0.5, 0.6) is 0 Å². The van der Waals surface area contributed by atoms with Gasteiger partial charge in [0.15, 0.2) is 0 Å². The van der Waals surface area contributed by atoms with Crippen molar-refractivity contribution in [3.05, 3.63) is 23.5 Å². The average molecular weight is 246 g/mol. The number of hydrogen-bond acceptors (Lipinski definition) is 4. The lowest BCUT2D eigenvalue weighted by atomic mass is 10.0. The largest absolute Gasteiger partial charge is 0.369 e. The number of allylic oxidation sites excluding steroid dienone is 1. The molecular formula is C12H14N4S. The summed E-state index contributed by atoms with van der Waals surface area (Å²) in [5, 5.41) is 0.664. The first kappa shape index (κ1) is 10.7. The first-order valence-electron chi connectivity index (χ1n) is 5.68. The van der Waals surface area contributed by atoms with Crippen LogP contribution < -0.4 is 5.73 Å². The van der Waals surface area contributed by atoms with Gasteiger partial charge in [-0.05, 0) is 18.8 Å². The van der Waals surface area contributed by atoms with Gasteiger partial charge in [0, 0.05) is 11.8 Å². The van der Waals surface area contributed by atoms with Crippen LogP contribution in [0.3, 0.4) is 0 Å². The zero-order valence-corrected chi connectivity index (χ0v) is 10.5. The second-order valence-corrected chi connectivity index (χ2v) is 5.03. The third kappa shape index (κ3) is 1.70. The zero-order chi connectivity index (χ0) is 12.0. The average Bonchev–Trinajstić information content (AvgIpc) is 2.55.